The molecule has 1 heterocycles. The van der Waals surface area contributed by atoms with E-state index < -0.39 is 0 Å². The minimum atomic E-state index is 0.787. The lowest BCUT2D eigenvalue weighted by Gasteiger charge is -2.12. The van der Waals surface area contributed by atoms with Crippen LogP contribution in [0.4, 0.5) is 0 Å². The molecule has 0 saturated heterocycles. The largest absolute Gasteiger partial charge is 0.458 e. The first-order valence-electron chi connectivity index (χ1n) is 4.01. The number of ether oxygens (including phenoxy) is 2. The van der Waals surface area contributed by atoms with E-state index in [2.05, 4.69) is 6.92 Å². The molecular weight excluding hydrogens is 152 g/mol. The van der Waals surface area contributed by atoms with Crippen molar-refractivity contribution in [3.63, 3.8) is 0 Å². The second kappa shape index (κ2) is 2.89. The molecule has 0 atom stereocenters. The van der Waals surface area contributed by atoms with E-state index in [1.807, 2.05) is 18.2 Å². The van der Waals surface area contributed by atoms with Gasteiger partial charge in [0, 0.05) is 0 Å². The molecule has 0 saturated carbocycles. The van der Waals surface area contributed by atoms with Crippen LogP contribution in [0.2, 0.25) is 0 Å². The van der Waals surface area contributed by atoms with Gasteiger partial charge in [-0.1, -0.05) is 13.0 Å². The van der Waals surface area contributed by atoms with Crippen LogP contribution in [0.15, 0.2) is 30.7 Å². The minimum absolute atomic E-state index is 0.787. The molecular formula is C10H10O2. The van der Waals surface area contributed by atoms with Crippen LogP contribution in [-0.2, 0) is 6.42 Å². The van der Waals surface area contributed by atoms with Gasteiger partial charge in [0.15, 0.2) is 11.5 Å². The Hall–Kier alpha value is -1.44. The average Bonchev–Trinajstić information content (AvgIpc) is 2.17. The van der Waals surface area contributed by atoms with Gasteiger partial charge in [-0.3, -0.25) is 0 Å². The molecule has 62 valence electrons. The first-order chi connectivity index (χ1) is 5.90. The molecule has 1 aliphatic heterocycles. The Morgan fingerprint density at radius 1 is 1.08 bits per heavy atom. The molecule has 0 fully saturated rings. The summed E-state index contributed by atoms with van der Waals surface area (Å²) in [6.07, 6.45) is 4.09. The van der Waals surface area contributed by atoms with Crippen molar-refractivity contribution in [2.75, 3.05) is 0 Å². The van der Waals surface area contributed by atoms with Crippen molar-refractivity contribution in [1.82, 2.24) is 0 Å². The van der Waals surface area contributed by atoms with Crippen LogP contribution in [0.5, 0.6) is 11.5 Å². The predicted octanol–water partition coefficient (Wildman–Crippen LogP) is 2.49. The molecule has 0 spiro atoms. The number of rotatable bonds is 1. The van der Waals surface area contributed by atoms with Gasteiger partial charge in [0.1, 0.15) is 12.5 Å². The predicted molar refractivity (Wildman–Crippen MR) is 46.2 cm³/mol. The summed E-state index contributed by atoms with van der Waals surface area (Å²) in [5.74, 6) is 1.59. The maximum Gasteiger partial charge on any atom is 0.169 e. The molecule has 0 aromatic heterocycles. The summed E-state index contributed by atoms with van der Waals surface area (Å²) < 4.78 is 10.5. The molecule has 1 aliphatic rings. The quantitative estimate of drug-likeness (QED) is 0.631. The Kier molecular flexibility index (Phi) is 1.74. The maximum atomic E-state index is 5.26. The molecule has 2 nitrogen and oxygen atoms in total. The van der Waals surface area contributed by atoms with E-state index in [1.165, 1.54) is 11.8 Å². The van der Waals surface area contributed by atoms with Gasteiger partial charge in [0.2, 0.25) is 0 Å². The van der Waals surface area contributed by atoms with Gasteiger partial charge in [-0.15, -0.1) is 0 Å². The van der Waals surface area contributed by atoms with Gasteiger partial charge in [0.05, 0.1) is 0 Å². The zero-order chi connectivity index (χ0) is 8.39. The Balaban J connectivity index is 2.39. The zero-order valence-corrected chi connectivity index (χ0v) is 6.91. The third kappa shape index (κ3) is 1.16. The van der Waals surface area contributed by atoms with Gasteiger partial charge < -0.3 is 9.47 Å². The summed E-state index contributed by atoms with van der Waals surface area (Å²) in [5.41, 5.74) is 1.26. The molecule has 0 amide bonds. The molecule has 1 aromatic carbocycles. The topological polar surface area (TPSA) is 18.5 Å². The first-order valence-corrected chi connectivity index (χ1v) is 4.01. The summed E-state index contributed by atoms with van der Waals surface area (Å²) in [6, 6.07) is 5.97. The Morgan fingerprint density at radius 2 is 1.83 bits per heavy atom. The standard InChI is InChI=1S/C10H10O2/c1-2-8-3-4-9-10(7-8)12-6-5-11-9/h3-7H,2H2,1H3. The molecule has 0 bridgehead atoms. The fraction of sp³-hybridized carbons (Fsp3) is 0.200. The van der Waals surface area contributed by atoms with E-state index in [9.17, 15) is 0 Å². The molecule has 0 N–H and O–H groups in total. The highest BCUT2D eigenvalue weighted by atomic mass is 16.5. The lowest BCUT2D eigenvalue weighted by atomic mass is 10.1. The van der Waals surface area contributed by atoms with Crippen LogP contribution in [0, 0.1) is 0 Å². The second-order valence-electron chi connectivity index (χ2n) is 2.64. The van der Waals surface area contributed by atoms with Crippen molar-refractivity contribution >= 4 is 0 Å². The van der Waals surface area contributed by atoms with Crippen LogP contribution >= 0.6 is 0 Å². The van der Waals surface area contributed by atoms with E-state index in [0.29, 0.717) is 0 Å². The van der Waals surface area contributed by atoms with E-state index in [4.69, 9.17) is 9.47 Å². The van der Waals surface area contributed by atoms with Crippen molar-refractivity contribution in [2.24, 2.45) is 0 Å². The van der Waals surface area contributed by atoms with Crippen LogP contribution < -0.4 is 9.47 Å². The van der Waals surface area contributed by atoms with Gasteiger partial charge in [-0.2, -0.15) is 0 Å². The number of fused-ring (bicyclic) bond motifs is 1. The fourth-order valence-electron chi connectivity index (χ4n) is 1.16. The summed E-state index contributed by atoms with van der Waals surface area (Å²) in [7, 11) is 0. The fourth-order valence-corrected chi connectivity index (χ4v) is 1.16. The zero-order valence-electron chi connectivity index (χ0n) is 6.91. The van der Waals surface area contributed by atoms with E-state index in [1.54, 1.807) is 6.26 Å². The first kappa shape index (κ1) is 7.22. The third-order valence-electron chi connectivity index (χ3n) is 1.86. The molecule has 0 radical (unpaired) electrons. The van der Waals surface area contributed by atoms with Crippen LogP contribution in [0.1, 0.15) is 12.5 Å². The third-order valence-corrected chi connectivity index (χ3v) is 1.86. The van der Waals surface area contributed by atoms with Crippen molar-refractivity contribution < 1.29 is 9.47 Å². The number of aryl methyl sites for hydroxylation is 1. The van der Waals surface area contributed by atoms with E-state index in [-0.39, 0.29) is 0 Å². The molecule has 1 aromatic rings. The van der Waals surface area contributed by atoms with Gasteiger partial charge in [-0.25, -0.2) is 0 Å². The summed E-state index contributed by atoms with van der Waals surface area (Å²) in [5, 5.41) is 0. The van der Waals surface area contributed by atoms with E-state index in [0.717, 1.165) is 17.9 Å². The number of benzene rings is 1. The second-order valence-corrected chi connectivity index (χ2v) is 2.64. The highest BCUT2D eigenvalue weighted by Crippen LogP contribution is 2.31. The lowest BCUT2D eigenvalue weighted by Crippen LogP contribution is -1.96. The smallest absolute Gasteiger partial charge is 0.169 e. The number of hydrogen-bond donors (Lipinski definition) is 0. The SMILES string of the molecule is CCc1ccc2c(c1)OC=CO2. The van der Waals surface area contributed by atoms with Crippen LogP contribution in [-0.4, -0.2) is 0 Å². The monoisotopic (exact) mass is 162 g/mol. The lowest BCUT2D eigenvalue weighted by molar-refractivity contribution is 0.361. The minimum Gasteiger partial charge on any atom is -0.458 e. The number of hydrogen-bond acceptors (Lipinski definition) is 2. The Bertz CT molecular complexity index is 316. The van der Waals surface area contributed by atoms with Crippen molar-refractivity contribution in [3.8, 4) is 11.5 Å². The van der Waals surface area contributed by atoms with Crippen LogP contribution in [0.25, 0.3) is 0 Å². The molecule has 2 heteroatoms. The van der Waals surface area contributed by atoms with Crippen molar-refractivity contribution in [2.45, 2.75) is 13.3 Å². The normalized spacial score (nSPS) is 13.1. The average molecular weight is 162 g/mol. The summed E-state index contributed by atoms with van der Waals surface area (Å²) in [4.78, 5) is 0. The summed E-state index contributed by atoms with van der Waals surface area (Å²) in [6.45, 7) is 2.11. The van der Waals surface area contributed by atoms with Crippen molar-refractivity contribution in [3.05, 3.63) is 36.3 Å². The highest BCUT2D eigenvalue weighted by molar-refractivity contribution is 5.44. The highest BCUT2D eigenvalue weighted by Gasteiger charge is 2.07. The molecule has 2 rings (SSSR count). The maximum absolute atomic E-state index is 5.26. The van der Waals surface area contributed by atoms with Crippen molar-refractivity contribution in [1.29, 1.82) is 0 Å². The molecule has 12 heavy (non-hydrogen) atoms. The van der Waals surface area contributed by atoms with E-state index >= 15 is 0 Å². The molecule has 0 aliphatic carbocycles. The Labute approximate surface area is 71.4 Å². The van der Waals surface area contributed by atoms with Gasteiger partial charge in [-0.05, 0) is 24.1 Å². The van der Waals surface area contributed by atoms with Gasteiger partial charge in [0.25, 0.3) is 0 Å². The molecule has 0 unspecified atom stereocenters. The van der Waals surface area contributed by atoms with Crippen LogP contribution in [0.3, 0.4) is 0 Å². The van der Waals surface area contributed by atoms with Gasteiger partial charge >= 0.3 is 0 Å². The Morgan fingerprint density at radius 3 is 2.58 bits per heavy atom. The summed E-state index contributed by atoms with van der Waals surface area (Å²) >= 11 is 0.